The fraction of sp³-hybridized carbons (Fsp3) is 0.182. The third kappa shape index (κ3) is 1.57. The van der Waals surface area contributed by atoms with Crippen molar-refractivity contribution in [1.82, 2.24) is 0 Å². The molecule has 0 spiro atoms. The van der Waals surface area contributed by atoms with Gasteiger partial charge in [-0.3, -0.25) is 9.59 Å². The second-order valence-corrected chi connectivity index (χ2v) is 4.53. The smallest absolute Gasteiger partial charge is 0.338 e. The first-order valence-corrected chi connectivity index (χ1v) is 5.70. The van der Waals surface area contributed by atoms with Crippen molar-refractivity contribution in [2.24, 2.45) is 0 Å². The van der Waals surface area contributed by atoms with E-state index in [1.807, 2.05) is 0 Å². The van der Waals surface area contributed by atoms with Gasteiger partial charge in [-0.2, -0.15) is 0 Å². The summed E-state index contributed by atoms with van der Waals surface area (Å²) in [6.07, 6.45) is 0. The van der Waals surface area contributed by atoms with Crippen LogP contribution in [0.2, 0.25) is 0 Å². The molecule has 88 valence electrons. The number of amides is 2. The van der Waals surface area contributed by atoms with Gasteiger partial charge < -0.3 is 5.11 Å². The van der Waals surface area contributed by atoms with Gasteiger partial charge in [-0.05, 0) is 25.3 Å². The Hall–Kier alpha value is -1.95. The second kappa shape index (κ2) is 3.81. The fourth-order valence-corrected chi connectivity index (χ4v) is 2.46. The van der Waals surface area contributed by atoms with Crippen molar-refractivity contribution in [1.29, 1.82) is 0 Å². The number of rotatable bonds is 2. The van der Waals surface area contributed by atoms with Crippen LogP contribution >= 0.6 is 11.3 Å². The van der Waals surface area contributed by atoms with E-state index in [-0.39, 0.29) is 10.6 Å². The molecule has 1 aromatic heterocycles. The van der Waals surface area contributed by atoms with Gasteiger partial charge in [0.15, 0.2) is 0 Å². The summed E-state index contributed by atoms with van der Waals surface area (Å²) in [7, 11) is 0. The first-order valence-electron chi connectivity index (χ1n) is 4.82. The van der Waals surface area contributed by atoms with Crippen LogP contribution in [0.4, 0.5) is 5.00 Å². The van der Waals surface area contributed by atoms with Gasteiger partial charge in [0.05, 0.1) is 5.56 Å². The molecule has 0 unspecified atom stereocenters. The van der Waals surface area contributed by atoms with Gasteiger partial charge in [0.1, 0.15) is 5.00 Å². The van der Waals surface area contributed by atoms with Crippen molar-refractivity contribution in [2.45, 2.75) is 13.8 Å². The van der Waals surface area contributed by atoms with E-state index >= 15 is 0 Å². The summed E-state index contributed by atoms with van der Waals surface area (Å²) in [5, 5.41) is 10.7. The highest BCUT2D eigenvalue weighted by Gasteiger charge is 2.37. The molecule has 6 heteroatoms. The fourth-order valence-electron chi connectivity index (χ4n) is 1.57. The molecule has 0 saturated carbocycles. The van der Waals surface area contributed by atoms with Crippen molar-refractivity contribution in [3.63, 3.8) is 0 Å². The van der Waals surface area contributed by atoms with E-state index < -0.39 is 17.8 Å². The molecular formula is C11H9NO4S. The Kier molecular flexibility index (Phi) is 2.59. The molecule has 17 heavy (non-hydrogen) atoms. The second-order valence-electron chi connectivity index (χ2n) is 3.64. The predicted octanol–water partition coefficient (Wildman–Crippen LogP) is 1.66. The van der Waals surface area contributed by atoms with Crippen LogP contribution in [0.15, 0.2) is 22.6 Å². The molecule has 1 N–H and O–H groups in total. The molecule has 0 atom stereocenters. The van der Waals surface area contributed by atoms with E-state index in [0.29, 0.717) is 11.1 Å². The SMILES string of the molecule is CC1=C(C)C(=O)N(c2sccc2C(=O)O)C1=O. The summed E-state index contributed by atoms with van der Waals surface area (Å²) < 4.78 is 0. The third-order valence-electron chi connectivity index (χ3n) is 2.69. The van der Waals surface area contributed by atoms with E-state index in [2.05, 4.69) is 0 Å². The lowest BCUT2D eigenvalue weighted by atomic mass is 10.2. The summed E-state index contributed by atoms with van der Waals surface area (Å²) in [5.41, 5.74) is 0.693. The maximum Gasteiger partial charge on any atom is 0.338 e. The normalized spacial score (nSPS) is 16.0. The lowest BCUT2D eigenvalue weighted by Crippen LogP contribution is -2.31. The predicted molar refractivity (Wildman–Crippen MR) is 62.1 cm³/mol. The van der Waals surface area contributed by atoms with E-state index in [0.717, 1.165) is 16.2 Å². The maximum absolute atomic E-state index is 11.9. The summed E-state index contributed by atoms with van der Waals surface area (Å²) in [6.45, 7) is 3.12. The van der Waals surface area contributed by atoms with Crippen molar-refractivity contribution in [3.05, 3.63) is 28.2 Å². The number of anilines is 1. The number of hydrogen-bond acceptors (Lipinski definition) is 4. The first-order chi connectivity index (χ1) is 7.95. The zero-order valence-corrected chi connectivity index (χ0v) is 10.00. The van der Waals surface area contributed by atoms with E-state index in [1.54, 1.807) is 19.2 Å². The molecule has 2 rings (SSSR count). The Morgan fingerprint density at radius 2 is 1.76 bits per heavy atom. The zero-order valence-electron chi connectivity index (χ0n) is 9.18. The summed E-state index contributed by atoms with van der Waals surface area (Å²) in [6, 6.07) is 1.38. The van der Waals surface area contributed by atoms with Crippen molar-refractivity contribution in [2.75, 3.05) is 4.90 Å². The van der Waals surface area contributed by atoms with Crippen LogP contribution in [0.5, 0.6) is 0 Å². The zero-order chi connectivity index (χ0) is 12.7. The molecule has 0 bridgehead atoms. The van der Waals surface area contributed by atoms with Gasteiger partial charge in [0.25, 0.3) is 11.8 Å². The van der Waals surface area contributed by atoms with Crippen LogP contribution in [0.1, 0.15) is 24.2 Å². The van der Waals surface area contributed by atoms with Gasteiger partial charge >= 0.3 is 5.97 Å². The van der Waals surface area contributed by atoms with E-state index in [4.69, 9.17) is 5.11 Å². The highest BCUT2D eigenvalue weighted by atomic mass is 32.1. The Bertz CT molecular complexity index is 546. The quantitative estimate of drug-likeness (QED) is 0.811. The number of thiophene rings is 1. The van der Waals surface area contributed by atoms with Crippen LogP contribution < -0.4 is 4.90 Å². The number of carbonyl (C=O) groups is 3. The molecule has 0 aromatic carbocycles. The van der Waals surface area contributed by atoms with Crippen LogP contribution in [0.25, 0.3) is 0 Å². The van der Waals surface area contributed by atoms with Crippen molar-refractivity contribution in [3.8, 4) is 0 Å². The molecule has 2 amide bonds. The summed E-state index contributed by atoms with van der Waals surface area (Å²) >= 11 is 1.06. The lowest BCUT2D eigenvalue weighted by Gasteiger charge is -2.13. The average molecular weight is 251 g/mol. The number of imide groups is 1. The molecule has 5 nitrogen and oxygen atoms in total. The lowest BCUT2D eigenvalue weighted by molar-refractivity contribution is -0.120. The molecule has 0 saturated heterocycles. The van der Waals surface area contributed by atoms with Gasteiger partial charge in [-0.25, -0.2) is 9.69 Å². The van der Waals surface area contributed by atoms with Gasteiger partial charge in [0.2, 0.25) is 0 Å². The molecule has 1 aromatic rings. The number of carboxylic acid groups (broad SMARTS) is 1. The molecule has 0 aliphatic carbocycles. The highest BCUT2D eigenvalue weighted by molar-refractivity contribution is 7.15. The Labute approximate surface area is 101 Å². The van der Waals surface area contributed by atoms with Crippen LogP contribution in [0.3, 0.4) is 0 Å². The molecule has 0 radical (unpaired) electrons. The van der Waals surface area contributed by atoms with Crippen LogP contribution in [-0.2, 0) is 9.59 Å². The van der Waals surface area contributed by atoms with E-state index in [1.165, 1.54) is 6.07 Å². The topological polar surface area (TPSA) is 74.7 Å². The minimum absolute atomic E-state index is 0.0285. The molecule has 1 aliphatic heterocycles. The number of aromatic carboxylic acids is 1. The summed E-state index contributed by atoms with van der Waals surface area (Å²) in [5.74, 6) is -2.04. The van der Waals surface area contributed by atoms with Crippen LogP contribution in [-0.4, -0.2) is 22.9 Å². The molecular weight excluding hydrogens is 242 g/mol. The van der Waals surface area contributed by atoms with Crippen LogP contribution in [0, 0.1) is 0 Å². The minimum Gasteiger partial charge on any atom is -0.478 e. The van der Waals surface area contributed by atoms with E-state index in [9.17, 15) is 14.4 Å². The number of nitrogens with zero attached hydrogens (tertiary/aromatic N) is 1. The first kappa shape index (κ1) is 11.5. The molecule has 0 fully saturated rings. The number of hydrogen-bond donors (Lipinski definition) is 1. The number of carboxylic acids is 1. The van der Waals surface area contributed by atoms with Gasteiger partial charge in [-0.15, -0.1) is 11.3 Å². The highest BCUT2D eigenvalue weighted by Crippen LogP contribution is 2.33. The Balaban J connectivity index is 2.51. The Morgan fingerprint density at radius 3 is 2.24 bits per heavy atom. The van der Waals surface area contributed by atoms with Crippen molar-refractivity contribution < 1.29 is 19.5 Å². The maximum atomic E-state index is 11.9. The van der Waals surface area contributed by atoms with Gasteiger partial charge in [0, 0.05) is 11.1 Å². The monoisotopic (exact) mass is 251 g/mol. The molecule has 1 aliphatic rings. The number of carbonyl (C=O) groups excluding carboxylic acids is 2. The van der Waals surface area contributed by atoms with Gasteiger partial charge in [-0.1, -0.05) is 0 Å². The summed E-state index contributed by atoms with van der Waals surface area (Å²) in [4.78, 5) is 35.6. The average Bonchev–Trinajstić information content (AvgIpc) is 2.81. The third-order valence-corrected chi connectivity index (χ3v) is 3.59. The molecule has 2 heterocycles. The Morgan fingerprint density at radius 1 is 1.24 bits per heavy atom. The largest absolute Gasteiger partial charge is 0.478 e. The standard InChI is InChI=1S/C11H9NO4S/c1-5-6(2)9(14)12(8(5)13)10-7(11(15)16)3-4-17-10/h3-4H,1-2H3,(H,15,16). The van der Waals surface area contributed by atoms with Crippen molar-refractivity contribution >= 4 is 34.1 Å². The minimum atomic E-state index is -1.15.